The molecule has 2 bridgehead atoms. The maximum absolute atomic E-state index is 4.00. The molecule has 19 heavy (non-hydrogen) atoms. The Balaban J connectivity index is 1.68. The maximum Gasteiger partial charge on any atom is 0.0501 e. The highest BCUT2D eigenvalue weighted by Crippen LogP contribution is 2.43. The van der Waals surface area contributed by atoms with E-state index in [2.05, 4.69) is 52.9 Å². The Bertz CT molecular complexity index is 580. The van der Waals surface area contributed by atoms with Gasteiger partial charge in [-0.3, -0.25) is 4.90 Å². The zero-order chi connectivity index (χ0) is 12.8. The van der Waals surface area contributed by atoms with Crippen molar-refractivity contribution in [3.8, 4) is 0 Å². The zero-order valence-electron chi connectivity index (χ0n) is 11.2. The van der Waals surface area contributed by atoms with E-state index in [1.807, 2.05) is 0 Å². The van der Waals surface area contributed by atoms with Gasteiger partial charge in [0.1, 0.15) is 0 Å². The second-order valence-corrected chi connectivity index (χ2v) is 6.01. The first-order chi connectivity index (χ1) is 9.35. The second-order valence-electron chi connectivity index (χ2n) is 6.01. The van der Waals surface area contributed by atoms with Gasteiger partial charge in [-0.2, -0.15) is 0 Å². The summed E-state index contributed by atoms with van der Waals surface area (Å²) in [6.45, 7) is 6.43. The van der Waals surface area contributed by atoms with Crippen LogP contribution in [0.2, 0.25) is 0 Å². The molecule has 3 aliphatic rings. The third kappa shape index (κ3) is 1.74. The molecule has 98 valence electrons. The maximum atomic E-state index is 4.00. The molecule has 0 radical (unpaired) electrons. The van der Waals surface area contributed by atoms with Crippen LogP contribution >= 0.6 is 0 Å². The predicted octanol–water partition coefficient (Wildman–Crippen LogP) is 3.74. The van der Waals surface area contributed by atoms with Gasteiger partial charge in [-0.1, -0.05) is 24.3 Å². The Morgan fingerprint density at radius 2 is 2.21 bits per heavy atom. The molecule has 1 N–H and O–H groups in total. The molecule has 0 saturated carbocycles. The molecule has 1 aromatic carbocycles. The Morgan fingerprint density at radius 3 is 2.95 bits per heavy atom. The number of benzene rings is 1. The normalized spacial score (nSPS) is 33.7. The number of aromatic amines is 1. The quantitative estimate of drug-likeness (QED) is 0.807. The molecular formula is C17H20N2. The molecule has 4 heterocycles. The molecule has 2 heteroatoms. The Hall–Kier alpha value is -1.54. The highest BCUT2D eigenvalue weighted by atomic mass is 15.2. The van der Waals surface area contributed by atoms with Crippen LogP contribution in [0.3, 0.4) is 0 Å². The fourth-order valence-corrected chi connectivity index (χ4v) is 3.93. The minimum Gasteiger partial charge on any atom is -0.357 e. The number of rotatable bonds is 2. The molecular weight excluding hydrogens is 232 g/mol. The summed E-state index contributed by atoms with van der Waals surface area (Å²) in [5.74, 6) is 1.54. The highest BCUT2D eigenvalue weighted by Gasteiger charge is 2.39. The average molecular weight is 252 g/mol. The summed E-state index contributed by atoms with van der Waals surface area (Å²) in [5.41, 5.74) is 2.66. The summed E-state index contributed by atoms with van der Waals surface area (Å²) in [6, 6.07) is 11.5. The van der Waals surface area contributed by atoms with E-state index in [0.29, 0.717) is 12.0 Å². The van der Waals surface area contributed by atoms with Gasteiger partial charge < -0.3 is 4.98 Å². The van der Waals surface area contributed by atoms with Crippen LogP contribution in [-0.4, -0.2) is 23.0 Å². The molecule has 3 unspecified atom stereocenters. The van der Waals surface area contributed by atoms with E-state index < -0.39 is 0 Å². The lowest BCUT2D eigenvalue weighted by Crippen LogP contribution is -2.48. The highest BCUT2D eigenvalue weighted by molar-refractivity contribution is 5.80. The smallest absolute Gasteiger partial charge is 0.0501 e. The number of nitrogens with one attached hydrogen (secondary N) is 1. The lowest BCUT2D eigenvalue weighted by atomic mass is 9.75. The predicted molar refractivity (Wildman–Crippen MR) is 79.0 cm³/mol. The minimum absolute atomic E-state index is 0.586. The number of piperidine rings is 3. The topological polar surface area (TPSA) is 19.0 Å². The summed E-state index contributed by atoms with van der Waals surface area (Å²) >= 11 is 0. The van der Waals surface area contributed by atoms with Crippen LogP contribution in [0.1, 0.15) is 24.6 Å². The fraction of sp³-hybridized carbons (Fsp3) is 0.412. The standard InChI is InChI=1S/C17H20N2/c1-2-12-11-19-8-7-13(12)10-17(19)16-9-14-5-3-4-6-15(14)18-16/h2-6,9,12-13,17-18H,1,7-8,10-11H2/t12?,13-,17?/m1/s1. The van der Waals surface area contributed by atoms with Crippen molar-refractivity contribution in [2.24, 2.45) is 11.8 Å². The van der Waals surface area contributed by atoms with Gasteiger partial charge in [-0.25, -0.2) is 0 Å². The van der Waals surface area contributed by atoms with Crippen LogP contribution in [0.25, 0.3) is 10.9 Å². The van der Waals surface area contributed by atoms with Crippen LogP contribution in [0.5, 0.6) is 0 Å². The van der Waals surface area contributed by atoms with Gasteiger partial charge in [0.05, 0.1) is 6.04 Å². The SMILES string of the molecule is C=CC1CN2CC[C@@H]1CC2c1cc2ccccc2[nH]1. The summed E-state index contributed by atoms with van der Waals surface area (Å²) < 4.78 is 0. The first-order valence-electron chi connectivity index (χ1n) is 7.29. The van der Waals surface area contributed by atoms with Gasteiger partial charge in [0, 0.05) is 17.8 Å². The van der Waals surface area contributed by atoms with E-state index in [9.17, 15) is 0 Å². The molecule has 2 aromatic rings. The van der Waals surface area contributed by atoms with Crippen molar-refractivity contribution in [2.75, 3.05) is 13.1 Å². The molecule has 0 amide bonds. The lowest BCUT2D eigenvalue weighted by molar-refractivity contribution is 0.0167. The van der Waals surface area contributed by atoms with Crippen molar-refractivity contribution >= 4 is 10.9 Å². The van der Waals surface area contributed by atoms with Crippen LogP contribution < -0.4 is 0 Å². The molecule has 3 saturated heterocycles. The summed E-state index contributed by atoms with van der Waals surface area (Å²) in [6.07, 6.45) is 4.79. The number of fused-ring (bicyclic) bond motifs is 4. The van der Waals surface area contributed by atoms with Crippen LogP contribution in [-0.2, 0) is 0 Å². The van der Waals surface area contributed by atoms with E-state index in [0.717, 1.165) is 5.92 Å². The van der Waals surface area contributed by atoms with Gasteiger partial charge in [0.25, 0.3) is 0 Å². The third-order valence-electron chi connectivity index (χ3n) is 5.02. The molecule has 1 aromatic heterocycles. The van der Waals surface area contributed by atoms with Crippen molar-refractivity contribution in [3.63, 3.8) is 0 Å². The monoisotopic (exact) mass is 252 g/mol. The van der Waals surface area contributed by atoms with E-state index >= 15 is 0 Å². The van der Waals surface area contributed by atoms with Gasteiger partial charge in [0.2, 0.25) is 0 Å². The Kier molecular flexibility index (Phi) is 2.52. The molecule has 0 spiro atoms. The molecule has 3 fully saturated rings. The average Bonchev–Trinajstić information content (AvgIpc) is 2.91. The molecule has 2 nitrogen and oxygen atoms in total. The van der Waals surface area contributed by atoms with Gasteiger partial charge in [-0.05, 0) is 48.7 Å². The van der Waals surface area contributed by atoms with E-state index in [1.54, 1.807) is 0 Å². The van der Waals surface area contributed by atoms with E-state index in [-0.39, 0.29) is 0 Å². The molecule has 5 rings (SSSR count). The second kappa shape index (κ2) is 4.24. The molecule has 4 atom stereocenters. The number of H-pyrrole nitrogens is 1. The van der Waals surface area contributed by atoms with Crippen molar-refractivity contribution in [1.82, 2.24) is 9.88 Å². The van der Waals surface area contributed by atoms with Crippen molar-refractivity contribution in [1.29, 1.82) is 0 Å². The van der Waals surface area contributed by atoms with Crippen molar-refractivity contribution in [2.45, 2.75) is 18.9 Å². The number of nitrogens with zero attached hydrogens (tertiary/aromatic N) is 1. The molecule has 3 aliphatic heterocycles. The van der Waals surface area contributed by atoms with Crippen LogP contribution in [0.15, 0.2) is 43.0 Å². The number of hydrogen-bond acceptors (Lipinski definition) is 1. The van der Waals surface area contributed by atoms with E-state index in [1.165, 1.54) is 42.5 Å². The third-order valence-corrected chi connectivity index (χ3v) is 5.02. The summed E-state index contributed by atoms with van der Waals surface area (Å²) in [7, 11) is 0. The largest absolute Gasteiger partial charge is 0.357 e. The summed E-state index contributed by atoms with van der Waals surface area (Å²) in [4.78, 5) is 6.25. The fourth-order valence-electron chi connectivity index (χ4n) is 3.93. The zero-order valence-corrected chi connectivity index (χ0v) is 11.2. The number of aromatic nitrogens is 1. The molecule has 0 aliphatic carbocycles. The lowest BCUT2D eigenvalue weighted by Gasteiger charge is -2.48. The Labute approximate surface area is 114 Å². The first kappa shape index (κ1) is 11.3. The van der Waals surface area contributed by atoms with Gasteiger partial charge >= 0.3 is 0 Å². The minimum atomic E-state index is 0.586. The van der Waals surface area contributed by atoms with Crippen LogP contribution in [0.4, 0.5) is 0 Å². The van der Waals surface area contributed by atoms with Gasteiger partial charge in [-0.15, -0.1) is 6.58 Å². The number of para-hydroxylation sites is 1. The van der Waals surface area contributed by atoms with E-state index in [4.69, 9.17) is 0 Å². The number of hydrogen-bond donors (Lipinski definition) is 1. The summed E-state index contributed by atoms with van der Waals surface area (Å²) in [5, 5.41) is 1.33. The van der Waals surface area contributed by atoms with Crippen LogP contribution in [0, 0.1) is 11.8 Å². The van der Waals surface area contributed by atoms with Crippen molar-refractivity contribution in [3.05, 3.63) is 48.7 Å². The van der Waals surface area contributed by atoms with Crippen molar-refractivity contribution < 1.29 is 0 Å². The van der Waals surface area contributed by atoms with Gasteiger partial charge in [0.15, 0.2) is 0 Å². The first-order valence-corrected chi connectivity index (χ1v) is 7.29. The Morgan fingerprint density at radius 1 is 1.32 bits per heavy atom.